The van der Waals surface area contributed by atoms with Crippen molar-refractivity contribution in [2.45, 2.75) is 20.3 Å². The minimum atomic E-state index is -0.463. The smallest absolute Gasteiger partial charge is 0.339 e. The lowest BCUT2D eigenvalue weighted by Crippen LogP contribution is -2.28. The lowest BCUT2D eigenvalue weighted by molar-refractivity contribution is 0.0526. The molecular weight excluding hydrogens is 372 g/mol. The highest BCUT2D eigenvalue weighted by molar-refractivity contribution is 6.11. The molecule has 0 spiro atoms. The number of esters is 1. The van der Waals surface area contributed by atoms with Crippen LogP contribution < -0.4 is 10.6 Å². The summed E-state index contributed by atoms with van der Waals surface area (Å²) in [5, 5.41) is 12.8. The average molecular weight is 396 g/mol. The molecule has 0 fully saturated rings. The van der Waals surface area contributed by atoms with E-state index in [-0.39, 0.29) is 12.6 Å². The van der Waals surface area contributed by atoms with E-state index < -0.39 is 5.97 Å². The fourth-order valence-electron chi connectivity index (χ4n) is 2.65. The Kier molecular flexibility index (Phi) is 7.96. The molecule has 0 aliphatic heterocycles. The predicted molar refractivity (Wildman–Crippen MR) is 112 cm³/mol. The maximum Gasteiger partial charge on any atom is 0.339 e. The SMILES string of the molecule is CCNC(=O)Nc1cc(C(CC=N)=NC)c(-c2cncc(C(=O)OCC)c2)cn1. The second kappa shape index (κ2) is 10.6. The van der Waals surface area contributed by atoms with Crippen LogP contribution in [0.2, 0.25) is 0 Å². The van der Waals surface area contributed by atoms with Crippen molar-refractivity contribution in [1.29, 1.82) is 5.41 Å². The van der Waals surface area contributed by atoms with Crippen molar-refractivity contribution >= 4 is 29.7 Å². The number of aliphatic imine (C=N–C) groups is 1. The third-order valence-electron chi connectivity index (χ3n) is 3.92. The zero-order valence-corrected chi connectivity index (χ0v) is 16.7. The molecule has 29 heavy (non-hydrogen) atoms. The molecule has 3 N–H and O–H groups in total. The van der Waals surface area contributed by atoms with Crippen molar-refractivity contribution in [3.8, 4) is 11.1 Å². The molecule has 9 heteroatoms. The predicted octanol–water partition coefficient (Wildman–Crippen LogP) is 2.92. The summed E-state index contributed by atoms with van der Waals surface area (Å²) in [6, 6.07) is 2.99. The van der Waals surface area contributed by atoms with Crippen LogP contribution in [0.5, 0.6) is 0 Å². The van der Waals surface area contributed by atoms with E-state index in [0.717, 1.165) is 0 Å². The molecule has 152 valence electrons. The number of pyridine rings is 2. The van der Waals surface area contributed by atoms with Crippen LogP contribution >= 0.6 is 0 Å². The number of hydrogen-bond donors (Lipinski definition) is 3. The van der Waals surface area contributed by atoms with Crippen LogP contribution in [0.1, 0.15) is 36.2 Å². The van der Waals surface area contributed by atoms with Gasteiger partial charge >= 0.3 is 12.0 Å². The normalized spacial score (nSPS) is 10.9. The van der Waals surface area contributed by atoms with Gasteiger partial charge in [-0.15, -0.1) is 0 Å². The summed E-state index contributed by atoms with van der Waals surface area (Å²) in [5.41, 5.74) is 2.96. The standard InChI is InChI=1S/C20H24N6O3/c1-4-24-20(28)26-18-9-15(17(22-3)6-7-21)16(12-25-18)13-8-14(11-23-10-13)19(27)29-5-2/h7-12,21H,4-6H2,1-3H3,(H2,24,25,26,28). The molecule has 0 aliphatic carbocycles. The fourth-order valence-corrected chi connectivity index (χ4v) is 2.65. The first kappa shape index (κ1) is 21.7. The average Bonchev–Trinajstić information content (AvgIpc) is 2.72. The zero-order valence-electron chi connectivity index (χ0n) is 16.7. The summed E-state index contributed by atoms with van der Waals surface area (Å²) >= 11 is 0. The van der Waals surface area contributed by atoms with Crippen molar-refractivity contribution in [2.24, 2.45) is 4.99 Å². The van der Waals surface area contributed by atoms with Crippen molar-refractivity contribution in [3.05, 3.63) is 41.9 Å². The molecule has 0 saturated heterocycles. The number of carbonyl (C=O) groups is 2. The number of nitrogens with one attached hydrogen (secondary N) is 3. The molecule has 0 saturated carbocycles. The van der Waals surface area contributed by atoms with Gasteiger partial charge in [0.25, 0.3) is 0 Å². The number of rotatable bonds is 8. The summed E-state index contributed by atoms with van der Waals surface area (Å²) in [5.74, 6) is -0.120. The fraction of sp³-hybridized carbons (Fsp3) is 0.300. The van der Waals surface area contributed by atoms with E-state index >= 15 is 0 Å². The molecule has 0 bridgehead atoms. The lowest BCUT2D eigenvalue weighted by Gasteiger charge is -2.14. The topological polar surface area (TPSA) is 129 Å². The van der Waals surface area contributed by atoms with Gasteiger partial charge in [-0.05, 0) is 26.0 Å². The third-order valence-corrected chi connectivity index (χ3v) is 3.92. The Labute approximate surface area is 169 Å². The van der Waals surface area contributed by atoms with Gasteiger partial charge in [0.15, 0.2) is 0 Å². The van der Waals surface area contributed by atoms with E-state index in [4.69, 9.17) is 10.1 Å². The van der Waals surface area contributed by atoms with Gasteiger partial charge in [0.2, 0.25) is 0 Å². The molecule has 2 heterocycles. The second-order valence-electron chi connectivity index (χ2n) is 5.86. The van der Waals surface area contributed by atoms with Gasteiger partial charge in [0.05, 0.1) is 12.2 Å². The number of urea groups is 1. The first-order chi connectivity index (χ1) is 14.0. The largest absolute Gasteiger partial charge is 0.462 e. The van der Waals surface area contributed by atoms with E-state index in [9.17, 15) is 9.59 Å². The number of carbonyl (C=O) groups excluding carboxylic acids is 2. The van der Waals surface area contributed by atoms with Crippen molar-refractivity contribution in [2.75, 3.05) is 25.5 Å². The first-order valence-electron chi connectivity index (χ1n) is 9.16. The molecule has 2 aromatic rings. The Hall–Kier alpha value is -3.62. The summed E-state index contributed by atoms with van der Waals surface area (Å²) in [4.78, 5) is 36.6. The minimum absolute atomic E-state index is 0.266. The Morgan fingerprint density at radius 2 is 2.03 bits per heavy atom. The highest BCUT2D eigenvalue weighted by Crippen LogP contribution is 2.27. The van der Waals surface area contributed by atoms with Crippen LogP contribution in [-0.2, 0) is 4.74 Å². The van der Waals surface area contributed by atoms with Crippen LogP contribution in [0.4, 0.5) is 10.6 Å². The zero-order chi connectivity index (χ0) is 21.2. The number of nitrogens with zero attached hydrogens (tertiary/aromatic N) is 3. The maximum atomic E-state index is 12.1. The molecule has 9 nitrogen and oxygen atoms in total. The second-order valence-corrected chi connectivity index (χ2v) is 5.86. The Balaban J connectivity index is 2.53. The highest BCUT2D eigenvalue weighted by atomic mass is 16.5. The summed E-state index contributed by atoms with van der Waals surface area (Å²) in [7, 11) is 1.63. The third kappa shape index (κ3) is 5.68. The van der Waals surface area contributed by atoms with Gasteiger partial charge in [-0.25, -0.2) is 14.6 Å². The maximum absolute atomic E-state index is 12.1. The van der Waals surface area contributed by atoms with E-state index in [1.165, 1.54) is 12.4 Å². The molecule has 0 radical (unpaired) electrons. The Morgan fingerprint density at radius 3 is 2.69 bits per heavy atom. The van der Waals surface area contributed by atoms with Gasteiger partial charge in [-0.3, -0.25) is 15.3 Å². The summed E-state index contributed by atoms with van der Waals surface area (Å²) in [6.45, 7) is 4.30. The summed E-state index contributed by atoms with van der Waals surface area (Å²) < 4.78 is 5.04. The van der Waals surface area contributed by atoms with Crippen LogP contribution in [-0.4, -0.2) is 54.1 Å². The molecule has 0 unspecified atom stereocenters. The van der Waals surface area contributed by atoms with Gasteiger partial charge in [-0.2, -0.15) is 0 Å². The van der Waals surface area contributed by atoms with Crippen LogP contribution in [0.3, 0.4) is 0 Å². The Bertz CT molecular complexity index is 926. The molecule has 0 atom stereocenters. The Morgan fingerprint density at radius 1 is 1.24 bits per heavy atom. The number of hydrogen-bond acceptors (Lipinski definition) is 7. The monoisotopic (exact) mass is 396 g/mol. The number of ether oxygens (including phenoxy) is 1. The number of amides is 2. The lowest BCUT2D eigenvalue weighted by atomic mass is 9.97. The molecule has 2 rings (SSSR count). The molecule has 2 amide bonds. The van der Waals surface area contributed by atoms with Crippen molar-refractivity contribution < 1.29 is 14.3 Å². The molecule has 0 aliphatic rings. The number of anilines is 1. The van der Waals surface area contributed by atoms with E-state index in [1.54, 1.807) is 38.5 Å². The van der Waals surface area contributed by atoms with Crippen LogP contribution in [0.25, 0.3) is 11.1 Å². The van der Waals surface area contributed by atoms with Crippen LogP contribution in [0.15, 0.2) is 35.7 Å². The summed E-state index contributed by atoms with van der Waals surface area (Å²) in [6.07, 6.45) is 6.18. The van der Waals surface area contributed by atoms with E-state index in [0.29, 0.717) is 46.7 Å². The minimum Gasteiger partial charge on any atom is -0.462 e. The highest BCUT2D eigenvalue weighted by Gasteiger charge is 2.16. The molecule has 2 aromatic heterocycles. The molecule has 0 aromatic carbocycles. The van der Waals surface area contributed by atoms with E-state index in [2.05, 4.69) is 25.6 Å². The molecular formula is C20H24N6O3. The van der Waals surface area contributed by atoms with Crippen molar-refractivity contribution in [3.63, 3.8) is 0 Å². The van der Waals surface area contributed by atoms with Gasteiger partial charge in [0.1, 0.15) is 5.82 Å². The van der Waals surface area contributed by atoms with Crippen LogP contribution in [0, 0.1) is 5.41 Å². The van der Waals surface area contributed by atoms with Gasteiger partial charge in [-0.1, -0.05) is 0 Å². The first-order valence-corrected chi connectivity index (χ1v) is 9.16. The number of aromatic nitrogens is 2. The quantitative estimate of drug-likeness (QED) is 0.467. The van der Waals surface area contributed by atoms with E-state index in [1.807, 2.05) is 6.92 Å². The van der Waals surface area contributed by atoms with Crippen molar-refractivity contribution in [1.82, 2.24) is 15.3 Å². The van der Waals surface area contributed by atoms with Gasteiger partial charge < -0.3 is 15.5 Å². The van der Waals surface area contributed by atoms with Gasteiger partial charge in [0, 0.05) is 67.2 Å².